The van der Waals surface area contributed by atoms with Gasteiger partial charge in [0.1, 0.15) is 0 Å². The minimum atomic E-state index is 0.0313. The van der Waals surface area contributed by atoms with E-state index in [1.54, 1.807) is 0 Å². The number of hydrogen-bond acceptors (Lipinski definition) is 2. The van der Waals surface area contributed by atoms with E-state index in [1.807, 2.05) is 0 Å². The van der Waals surface area contributed by atoms with Crippen molar-refractivity contribution >= 4 is 0 Å². The zero-order valence-electron chi connectivity index (χ0n) is 12.2. The Balaban J connectivity index is 2.09. The summed E-state index contributed by atoms with van der Waals surface area (Å²) in [5.74, 6) is 0. The first-order valence-electron chi connectivity index (χ1n) is 7.69. The Morgan fingerprint density at radius 2 is 1.89 bits per heavy atom. The van der Waals surface area contributed by atoms with Gasteiger partial charge in [-0.3, -0.25) is 0 Å². The third-order valence-corrected chi connectivity index (χ3v) is 5.13. The molecule has 2 heteroatoms. The van der Waals surface area contributed by atoms with Crippen LogP contribution in [0.15, 0.2) is 24.3 Å². The highest BCUT2D eigenvalue weighted by Crippen LogP contribution is 2.53. The number of hydrogen-bond donors (Lipinski definition) is 1. The first kappa shape index (κ1) is 13.1. The van der Waals surface area contributed by atoms with Crippen LogP contribution in [0.5, 0.6) is 0 Å². The van der Waals surface area contributed by atoms with Gasteiger partial charge in [-0.25, -0.2) is 0 Å². The molecular formula is C17H25NO. The fourth-order valence-electron chi connectivity index (χ4n) is 4.20. The topological polar surface area (TPSA) is 21.3 Å². The molecule has 1 N–H and O–H groups in total. The highest BCUT2D eigenvalue weighted by Gasteiger charge is 2.58. The summed E-state index contributed by atoms with van der Waals surface area (Å²) in [6.45, 7) is 6.37. The molecule has 1 spiro atoms. The van der Waals surface area contributed by atoms with Gasteiger partial charge in [-0.2, -0.15) is 0 Å². The zero-order valence-corrected chi connectivity index (χ0v) is 12.2. The Morgan fingerprint density at radius 3 is 2.53 bits per heavy atom. The predicted molar refractivity (Wildman–Crippen MR) is 78.3 cm³/mol. The number of likely N-dealkylation sites (N-methyl/N-ethyl adjacent to an activating group) is 1. The van der Waals surface area contributed by atoms with E-state index in [0.29, 0.717) is 0 Å². The summed E-state index contributed by atoms with van der Waals surface area (Å²) in [6, 6.07) is 8.83. The number of nitrogens with one attached hydrogen (secondary N) is 1. The summed E-state index contributed by atoms with van der Waals surface area (Å²) < 4.78 is 6.17. The number of aryl methyl sites for hydroxylation is 1. The average molecular weight is 259 g/mol. The van der Waals surface area contributed by atoms with Gasteiger partial charge < -0.3 is 10.1 Å². The van der Waals surface area contributed by atoms with E-state index in [9.17, 15) is 0 Å². The molecule has 1 saturated carbocycles. The molecule has 1 aromatic carbocycles. The van der Waals surface area contributed by atoms with Crippen LogP contribution in [-0.2, 0) is 10.3 Å². The van der Waals surface area contributed by atoms with Crippen molar-refractivity contribution in [1.82, 2.24) is 5.32 Å². The fraction of sp³-hybridized carbons (Fsp3) is 0.647. The molecule has 1 aliphatic heterocycles. The van der Waals surface area contributed by atoms with E-state index in [1.165, 1.54) is 43.2 Å². The van der Waals surface area contributed by atoms with Crippen LogP contribution in [0.25, 0.3) is 0 Å². The Hall–Kier alpha value is -0.860. The summed E-state index contributed by atoms with van der Waals surface area (Å²) in [7, 11) is 0. The SMILES string of the molecule is CCN[C@]1(c2ccccc2C)CCCCC12CCO2. The van der Waals surface area contributed by atoms with Crippen molar-refractivity contribution in [3.63, 3.8) is 0 Å². The smallest absolute Gasteiger partial charge is 0.0926 e. The molecule has 3 rings (SSSR count). The molecule has 1 saturated heterocycles. The first-order valence-corrected chi connectivity index (χ1v) is 7.69. The monoisotopic (exact) mass is 259 g/mol. The van der Waals surface area contributed by atoms with Crippen molar-refractivity contribution < 1.29 is 4.74 Å². The molecule has 2 nitrogen and oxygen atoms in total. The quantitative estimate of drug-likeness (QED) is 0.896. The summed E-state index contributed by atoms with van der Waals surface area (Å²) in [5, 5.41) is 3.82. The summed E-state index contributed by atoms with van der Waals surface area (Å²) in [5.41, 5.74) is 2.92. The molecule has 2 fully saturated rings. The van der Waals surface area contributed by atoms with Gasteiger partial charge in [-0.1, -0.05) is 44.0 Å². The van der Waals surface area contributed by atoms with Crippen molar-refractivity contribution in [2.75, 3.05) is 13.2 Å². The van der Waals surface area contributed by atoms with Gasteiger partial charge >= 0.3 is 0 Å². The van der Waals surface area contributed by atoms with Gasteiger partial charge in [0.2, 0.25) is 0 Å². The largest absolute Gasteiger partial charge is 0.373 e. The second kappa shape index (κ2) is 4.92. The van der Waals surface area contributed by atoms with Crippen LogP contribution in [0, 0.1) is 6.92 Å². The van der Waals surface area contributed by atoms with Gasteiger partial charge in [0.25, 0.3) is 0 Å². The van der Waals surface area contributed by atoms with Crippen LogP contribution in [0.2, 0.25) is 0 Å². The molecule has 0 aromatic heterocycles. The average Bonchev–Trinajstić information content (AvgIpc) is 2.38. The lowest BCUT2D eigenvalue weighted by molar-refractivity contribution is -0.218. The number of rotatable bonds is 3. The summed E-state index contributed by atoms with van der Waals surface area (Å²) in [6.07, 6.45) is 6.21. The van der Waals surface area contributed by atoms with Crippen LogP contribution in [0.4, 0.5) is 0 Å². The van der Waals surface area contributed by atoms with Gasteiger partial charge in [-0.05, 0) is 37.4 Å². The Bertz CT molecular complexity index is 448. The van der Waals surface area contributed by atoms with Crippen LogP contribution < -0.4 is 5.32 Å². The maximum Gasteiger partial charge on any atom is 0.0926 e. The molecule has 0 amide bonds. The number of ether oxygens (including phenoxy) is 1. The van der Waals surface area contributed by atoms with E-state index in [4.69, 9.17) is 4.74 Å². The molecule has 104 valence electrons. The lowest BCUT2D eigenvalue weighted by atomic mass is 9.61. The lowest BCUT2D eigenvalue weighted by Gasteiger charge is -2.59. The standard InChI is InChI=1S/C17H25NO/c1-3-18-17(15-9-5-4-8-14(15)2)11-7-6-10-16(17)12-13-19-16/h4-5,8-9,18H,3,6-7,10-13H2,1-2H3/t16?,17-/m0/s1. The highest BCUT2D eigenvalue weighted by atomic mass is 16.5. The maximum atomic E-state index is 6.17. The lowest BCUT2D eigenvalue weighted by Crippen LogP contribution is -2.67. The van der Waals surface area contributed by atoms with Crippen LogP contribution in [-0.4, -0.2) is 18.8 Å². The van der Waals surface area contributed by atoms with Gasteiger partial charge in [0, 0.05) is 6.42 Å². The predicted octanol–water partition coefficient (Wildman–Crippen LogP) is 3.53. The van der Waals surface area contributed by atoms with Gasteiger partial charge in [0.05, 0.1) is 17.7 Å². The minimum absolute atomic E-state index is 0.0313. The molecule has 2 atom stereocenters. The number of benzene rings is 1. The van der Waals surface area contributed by atoms with Gasteiger partial charge in [-0.15, -0.1) is 0 Å². The Kier molecular flexibility index (Phi) is 3.40. The Morgan fingerprint density at radius 1 is 1.16 bits per heavy atom. The van der Waals surface area contributed by atoms with Crippen molar-refractivity contribution in [3.8, 4) is 0 Å². The summed E-state index contributed by atoms with van der Waals surface area (Å²) >= 11 is 0. The van der Waals surface area contributed by atoms with Crippen LogP contribution >= 0.6 is 0 Å². The zero-order chi connectivity index (χ0) is 13.3. The molecule has 2 aliphatic rings. The molecule has 1 aliphatic carbocycles. The van der Waals surface area contributed by atoms with Crippen LogP contribution in [0.1, 0.15) is 50.2 Å². The third kappa shape index (κ3) is 1.85. The van der Waals surface area contributed by atoms with E-state index in [2.05, 4.69) is 43.4 Å². The molecular weight excluding hydrogens is 234 g/mol. The minimum Gasteiger partial charge on any atom is -0.373 e. The van der Waals surface area contributed by atoms with E-state index >= 15 is 0 Å². The third-order valence-electron chi connectivity index (χ3n) is 5.13. The fourth-order valence-corrected chi connectivity index (χ4v) is 4.20. The van der Waals surface area contributed by atoms with E-state index < -0.39 is 0 Å². The molecule has 0 radical (unpaired) electrons. The molecule has 1 heterocycles. The van der Waals surface area contributed by atoms with Gasteiger partial charge in [0.15, 0.2) is 0 Å². The van der Waals surface area contributed by atoms with Crippen molar-refractivity contribution in [2.45, 2.75) is 57.1 Å². The first-order chi connectivity index (χ1) is 9.24. The second-order valence-corrected chi connectivity index (χ2v) is 6.05. The van der Waals surface area contributed by atoms with E-state index in [0.717, 1.165) is 13.2 Å². The second-order valence-electron chi connectivity index (χ2n) is 6.05. The molecule has 0 bridgehead atoms. The normalized spacial score (nSPS) is 34.2. The van der Waals surface area contributed by atoms with Crippen molar-refractivity contribution in [2.24, 2.45) is 0 Å². The summed E-state index contributed by atoms with van der Waals surface area (Å²) in [4.78, 5) is 0. The molecule has 19 heavy (non-hydrogen) atoms. The molecule has 1 aromatic rings. The Labute approximate surface area is 116 Å². The van der Waals surface area contributed by atoms with E-state index in [-0.39, 0.29) is 11.1 Å². The van der Waals surface area contributed by atoms with Crippen molar-refractivity contribution in [1.29, 1.82) is 0 Å². The molecule has 1 unspecified atom stereocenters. The van der Waals surface area contributed by atoms with Crippen LogP contribution in [0.3, 0.4) is 0 Å². The highest BCUT2D eigenvalue weighted by molar-refractivity contribution is 5.37. The van der Waals surface area contributed by atoms with Crippen molar-refractivity contribution in [3.05, 3.63) is 35.4 Å². The maximum absolute atomic E-state index is 6.17.